The van der Waals surface area contributed by atoms with Gasteiger partial charge in [-0.25, -0.2) is 8.42 Å². The van der Waals surface area contributed by atoms with E-state index in [1.54, 1.807) is 19.1 Å². The highest BCUT2D eigenvalue weighted by Gasteiger charge is 2.33. The molecule has 1 atom stereocenters. The Bertz CT molecular complexity index is 1120. The molecule has 4 rings (SSSR count). The molecule has 0 bridgehead atoms. The molecule has 0 aliphatic carbocycles. The average Bonchev–Trinajstić information content (AvgIpc) is 3.08. The van der Waals surface area contributed by atoms with Gasteiger partial charge in [0.05, 0.1) is 11.9 Å². The van der Waals surface area contributed by atoms with Gasteiger partial charge in [-0.3, -0.25) is 13.9 Å². The first kappa shape index (κ1) is 21.4. The number of hydrogen-bond donors (Lipinski definition) is 0. The molecular weight excluding hydrogens is 414 g/mol. The lowest BCUT2D eigenvalue weighted by Gasteiger charge is -2.36. The van der Waals surface area contributed by atoms with Crippen LogP contribution in [-0.4, -0.2) is 63.5 Å². The Morgan fingerprint density at radius 3 is 2.13 bits per heavy atom. The summed E-state index contributed by atoms with van der Waals surface area (Å²) in [6.45, 7) is 6.08. The van der Waals surface area contributed by atoms with Crippen molar-refractivity contribution in [3.05, 3.63) is 59.2 Å². The second kappa shape index (κ2) is 8.00. The summed E-state index contributed by atoms with van der Waals surface area (Å²) >= 11 is 0. The van der Waals surface area contributed by atoms with Crippen molar-refractivity contribution in [2.45, 2.75) is 26.3 Å². The van der Waals surface area contributed by atoms with Gasteiger partial charge in [0.25, 0.3) is 5.91 Å². The number of carbonyl (C=O) groups is 2. The Balaban J connectivity index is 1.44. The number of anilines is 2. The van der Waals surface area contributed by atoms with E-state index in [0.29, 0.717) is 36.3 Å². The van der Waals surface area contributed by atoms with Crippen LogP contribution in [0.15, 0.2) is 42.5 Å². The van der Waals surface area contributed by atoms with Crippen molar-refractivity contribution in [3.8, 4) is 0 Å². The number of piperazine rings is 1. The summed E-state index contributed by atoms with van der Waals surface area (Å²) in [5.74, 6) is 0.0187. The molecule has 2 aromatic rings. The number of benzene rings is 2. The van der Waals surface area contributed by atoms with Gasteiger partial charge in [-0.05, 0) is 68.3 Å². The van der Waals surface area contributed by atoms with E-state index in [1.165, 1.54) is 10.6 Å². The van der Waals surface area contributed by atoms with Crippen molar-refractivity contribution in [2.24, 2.45) is 0 Å². The largest absolute Gasteiger partial charge is 0.368 e. The van der Waals surface area contributed by atoms with Gasteiger partial charge in [0.2, 0.25) is 10.0 Å². The van der Waals surface area contributed by atoms with Crippen LogP contribution in [0.25, 0.3) is 0 Å². The SMILES string of the molecule is CC(=O)c1ccc(N2CCN(C(=O)c3ccc4c(c3)CC(C)N4S(C)(=O)=O)CC2)cc1. The van der Waals surface area contributed by atoms with Gasteiger partial charge in [0, 0.05) is 49.0 Å². The maximum absolute atomic E-state index is 13.1. The minimum Gasteiger partial charge on any atom is -0.368 e. The van der Waals surface area contributed by atoms with Crippen LogP contribution in [0.1, 0.15) is 40.1 Å². The summed E-state index contributed by atoms with van der Waals surface area (Å²) in [5, 5.41) is 0. The van der Waals surface area contributed by atoms with Crippen LogP contribution in [0.3, 0.4) is 0 Å². The van der Waals surface area contributed by atoms with E-state index >= 15 is 0 Å². The molecule has 31 heavy (non-hydrogen) atoms. The Labute approximate surface area is 183 Å². The third-order valence-electron chi connectivity index (χ3n) is 6.04. The summed E-state index contributed by atoms with van der Waals surface area (Å²) in [6.07, 6.45) is 1.82. The van der Waals surface area contributed by atoms with Gasteiger partial charge in [-0.15, -0.1) is 0 Å². The van der Waals surface area contributed by atoms with E-state index < -0.39 is 10.0 Å². The minimum absolute atomic E-state index is 0.0279. The molecule has 1 amide bonds. The number of ketones is 1. The lowest BCUT2D eigenvalue weighted by Crippen LogP contribution is -2.48. The molecule has 0 radical (unpaired) electrons. The van der Waals surface area contributed by atoms with Crippen molar-refractivity contribution < 1.29 is 18.0 Å². The number of hydrogen-bond acceptors (Lipinski definition) is 5. The standard InChI is InChI=1S/C23H27N3O4S/c1-16-14-20-15-19(6-9-22(20)26(16)31(3,29)30)23(28)25-12-10-24(11-13-25)21-7-4-18(5-8-21)17(2)27/h4-9,15-16H,10-14H2,1-3H3. The fourth-order valence-electron chi connectivity index (χ4n) is 4.50. The molecule has 2 aliphatic heterocycles. The topological polar surface area (TPSA) is 78.0 Å². The first-order valence-electron chi connectivity index (χ1n) is 10.4. The maximum atomic E-state index is 13.1. The van der Waals surface area contributed by atoms with Crippen LogP contribution in [0.4, 0.5) is 11.4 Å². The van der Waals surface area contributed by atoms with Crippen molar-refractivity contribution in [1.82, 2.24) is 4.90 Å². The second-order valence-electron chi connectivity index (χ2n) is 8.34. The first-order valence-corrected chi connectivity index (χ1v) is 12.3. The van der Waals surface area contributed by atoms with E-state index in [9.17, 15) is 18.0 Å². The molecule has 0 aromatic heterocycles. The molecule has 2 heterocycles. The zero-order chi connectivity index (χ0) is 22.3. The number of fused-ring (bicyclic) bond motifs is 1. The Kier molecular flexibility index (Phi) is 5.51. The highest BCUT2D eigenvalue weighted by Crippen LogP contribution is 2.35. The van der Waals surface area contributed by atoms with Crippen LogP contribution >= 0.6 is 0 Å². The third kappa shape index (κ3) is 4.17. The van der Waals surface area contributed by atoms with E-state index in [2.05, 4.69) is 4.90 Å². The molecular formula is C23H27N3O4S. The van der Waals surface area contributed by atoms with Crippen LogP contribution < -0.4 is 9.21 Å². The van der Waals surface area contributed by atoms with E-state index in [0.717, 1.165) is 24.3 Å². The van der Waals surface area contributed by atoms with Gasteiger partial charge in [-0.2, -0.15) is 0 Å². The summed E-state index contributed by atoms with van der Waals surface area (Å²) < 4.78 is 25.6. The zero-order valence-corrected chi connectivity index (χ0v) is 18.9. The van der Waals surface area contributed by atoms with E-state index in [1.807, 2.05) is 42.2 Å². The smallest absolute Gasteiger partial charge is 0.253 e. The molecule has 0 N–H and O–H groups in total. The molecule has 8 heteroatoms. The van der Waals surface area contributed by atoms with Crippen LogP contribution in [0, 0.1) is 0 Å². The lowest BCUT2D eigenvalue weighted by atomic mass is 10.1. The van der Waals surface area contributed by atoms with Gasteiger partial charge < -0.3 is 9.80 Å². The van der Waals surface area contributed by atoms with Crippen LogP contribution in [0.2, 0.25) is 0 Å². The fourth-order valence-corrected chi connectivity index (χ4v) is 5.76. The highest BCUT2D eigenvalue weighted by atomic mass is 32.2. The molecule has 1 fully saturated rings. The molecule has 2 aromatic carbocycles. The molecule has 7 nitrogen and oxygen atoms in total. The van der Waals surface area contributed by atoms with Gasteiger partial charge in [-0.1, -0.05) is 0 Å². The van der Waals surface area contributed by atoms with Gasteiger partial charge >= 0.3 is 0 Å². The Morgan fingerprint density at radius 2 is 1.55 bits per heavy atom. The highest BCUT2D eigenvalue weighted by molar-refractivity contribution is 7.92. The zero-order valence-electron chi connectivity index (χ0n) is 18.0. The summed E-state index contributed by atoms with van der Waals surface area (Å²) in [4.78, 5) is 28.6. The number of Topliss-reactive ketones (excluding diaryl/α,β-unsaturated/α-hetero) is 1. The van der Waals surface area contributed by atoms with Gasteiger partial charge in [0.1, 0.15) is 0 Å². The molecule has 1 saturated heterocycles. The van der Waals surface area contributed by atoms with Crippen molar-refractivity contribution in [2.75, 3.05) is 41.6 Å². The number of carbonyl (C=O) groups excluding carboxylic acids is 2. The molecule has 2 aliphatic rings. The average molecular weight is 442 g/mol. The van der Waals surface area contributed by atoms with Gasteiger partial charge in [0.15, 0.2) is 5.78 Å². The molecule has 0 saturated carbocycles. The Hall–Kier alpha value is -2.87. The summed E-state index contributed by atoms with van der Waals surface area (Å²) in [7, 11) is -3.34. The number of amides is 1. The van der Waals surface area contributed by atoms with Crippen LogP contribution in [-0.2, 0) is 16.4 Å². The van der Waals surface area contributed by atoms with Crippen LogP contribution in [0.5, 0.6) is 0 Å². The monoisotopic (exact) mass is 441 g/mol. The first-order chi connectivity index (χ1) is 14.6. The normalized spacial score (nSPS) is 18.8. The third-order valence-corrected chi connectivity index (χ3v) is 7.31. The Morgan fingerprint density at radius 1 is 0.935 bits per heavy atom. The molecule has 1 unspecified atom stereocenters. The lowest BCUT2D eigenvalue weighted by molar-refractivity contribution is 0.0746. The summed E-state index contributed by atoms with van der Waals surface area (Å²) in [5.41, 5.74) is 3.90. The van der Waals surface area contributed by atoms with E-state index in [4.69, 9.17) is 0 Å². The molecule has 0 spiro atoms. The maximum Gasteiger partial charge on any atom is 0.253 e. The second-order valence-corrected chi connectivity index (χ2v) is 10.2. The van der Waals surface area contributed by atoms with Crippen molar-refractivity contribution in [3.63, 3.8) is 0 Å². The predicted octanol–water partition coefficient (Wildman–Crippen LogP) is 2.56. The van der Waals surface area contributed by atoms with E-state index in [-0.39, 0.29) is 17.7 Å². The predicted molar refractivity (Wildman–Crippen MR) is 121 cm³/mol. The number of sulfonamides is 1. The summed E-state index contributed by atoms with van der Waals surface area (Å²) in [6, 6.07) is 12.7. The number of nitrogens with zero attached hydrogens (tertiary/aromatic N) is 3. The fraction of sp³-hybridized carbons (Fsp3) is 0.391. The quantitative estimate of drug-likeness (QED) is 0.682. The number of rotatable bonds is 4. The minimum atomic E-state index is -3.34. The van der Waals surface area contributed by atoms with Crippen molar-refractivity contribution in [1.29, 1.82) is 0 Å². The van der Waals surface area contributed by atoms with Crippen molar-refractivity contribution >= 4 is 33.1 Å². The molecule has 164 valence electrons.